The van der Waals surface area contributed by atoms with Crippen molar-refractivity contribution in [3.05, 3.63) is 0 Å². The molecule has 0 amide bonds. The van der Waals surface area contributed by atoms with Crippen molar-refractivity contribution in [2.75, 3.05) is 13.2 Å². The van der Waals surface area contributed by atoms with Gasteiger partial charge in [-0.1, -0.05) is 0 Å². The zero-order valence-electron chi connectivity index (χ0n) is 7.48. The third kappa shape index (κ3) is 4.35. The van der Waals surface area contributed by atoms with Gasteiger partial charge in [0.05, 0.1) is 13.2 Å². The van der Waals surface area contributed by atoms with Gasteiger partial charge in [-0.25, -0.2) is 14.3 Å². The lowest BCUT2D eigenvalue weighted by Crippen LogP contribution is -2.15. The number of nitrogens with one attached hydrogen (secondary N) is 1. The minimum Gasteiger partial charge on any atom is -0.377 e. The van der Waals surface area contributed by atoms with Crippen LogP contribution in [0.25, 0.3) is 0 Å². The van der Waals surface area contributed by atoms with Crippen molar-refractivity contribution < 1.29 is 23.7 Å². The van der Waals surface area contributed by atoms with Crippen LogP contribution >= 0.6 is 7.60 Å². The Balaban J connectivity index is 4.18. The molecular weight excluding hydrogens is 199 g/mol. The van der Waals surface area contributed by atoms with E-state index in [0.29, 0.717) is 0 Å². The molecule has 0 saturated heterocycles. The average molecular weight is 212 g/mol. The van der Waals surface area contributed by atoms with Crippen molar-refractivity contribution in [2.24, 2.45) is 5.73 Å². The third-order valence-corrected chi connectivity index (χ3v) is 2.03. The van der Waals surface area contributed by atoms with E-state index in [1.54, 1.807) is 13.8 Å². The minimum atomic E-state index is -3.91. The van der Waals surface area contributed by atoms with Gasteiger partial charge in [-0.15, -0.1) is 9.35 Å². The van der Waals surface area contributed by atoms with Gasteiger partial charge >= 0.3 is 7.60 Å². The van der Waals surface area contributed by atoms with Gasteiger partial charge in [0.1, 0.15) is 0 Å². The molecule has 0 aliphatic carbocycles. The normalized spacial score (nSPS) is 11.5. The summed E-state index contributed by atoms with van der Waals surface area (Å²) in [7, 11) is -3.91. The van der Waals surface area contributed by atoms with Gasteiger partial charge < -0.3 is 5.73 Å². The molecule has 7 nitrogen and oxygen atoms in total. The summed E-state index contributed by atoms with van der Waals surface area (Å²) in [4.78, 5) is 8.74. The maximum Gasteiger partial charge on any atom is 0.448 e. The Morgan fingerprint density at radius 1 is 1.31 bits per heavy atom. The molecule has 0 aliphatic heterocycles. The Kier molecular flexibility index (Phi) is 5.85. The Labute approximate surface area is 76.0 Å². The van der Waals surface area contributed by atoms with E-state index in [1.807, 2.05) is 0 Å². The molecule has 0 bridgehead atoms. The highest BCUT2D eigenvalue weighted by Gasteiger charge is 2.32. The van der Waals surface area contributed by atoms with E-state index in [-0.39, 0.29) is 13.2 Å². The smallest absolute Gasteiger partial charge is 0.377 e. The molecule has 0 atom stereocenters. The largest absolute Gasteiger partial charge is 0.448 e. The third-order valence-electron chi connectivity index (χ3n) is 0.832. The molecule has 13 heavy (non-hydrogen) atoms. The maximum atomic E-state index is 11.4. The second-order valence-electron chi connectivity index (χ2n) is 1.84. The van der Waals surface area contributed by atoms with Crippen LogP contribution in [0.1, 0.15) is 13.8 Å². The molecule has 78 valence electrons. The Morgan fingerprint density at radius 3 is 1.92 bits per heavy atom. The molecule has 0 radical (unpaired) electrons. The van der Waals surface area contributed by atoms with Crippen molar-refractivity contribution >= 4 is 13.2 Å². The van der Waals surface area contributed by atoms with Crippen LogP contribution in [-0.2, 0) is 23.7 Å². The van der Waals surface area contributed by atoms with Crippen LogP contribution in [0.5, 0.6) is 0 Å². The molecule has 0 aromatic carbocycles. The summed E-state index contributed by atoms with van der Waals surface area (Å²) in [5.41, 5.74) is 4.19. The van der Waals surface area contributed by atoms with E-state index in [0.717, 1.165) is 0 Å². The van der Waals surface area contributed by atoms with E-state index in [4.69, 9.17) is 11.1 Å². The van der Waals surface area contributed by atoms with Crippen molar-refractivity contribution in [3.63, 3.8) is 0 Å². The van der Waals surface area contributed by atoms with Gasteiger partial charge in [0, 0.05) is 0 Å². The summed E-state index contributed by atoms with van der Waals surface area (Å²) < 4.78 is 20.0. The average Bonchev–Trinajstić information content (AvgIpc) is 2.11. The summed E-state index contributed by atoms with van der Waals surface area (Å²) in [6, 6.07) is 0. The standard InChI is InChI=1S/C5H13N2O5P/c1-3-9-11-13(8,5(6)7)12-10-4-2/h3-4H2,1-2H3,(H3,6,7). The van der Waals surface area contributed by atoms with Crippen LogP contribution in [0.3, 0.4) is 0 Å². The van der Waals surface area contributed by atoms with E-state index in [9.17, 15) is 4.57 Å². The summed E-state index contributed by atoms with van der Waals surface area (Å²) in [5, 5.41) is 6.91. The first kappa shape index (κ1) is 12.5. The molecule has 0 unspecified atom stereocenters. The quantitative estimate of drug-likeness (QED) is 0.214. The monoisotopic (exact) mass is 212 g/mol. The number of rotatable bonds is 7. The molecule has 0 aromatic rings. The van der Waals surface area contributed by atoms with Crippen LogP contribution in [0.4, 0.5) is 0 Å². The molecule has 0 rings (SSSR count). The van der Waals surface area contributed by atoms with Crippen LogP contribution < -0.4 is 5.73 Å². The van der Waals surface area contributed by atoms with Crippen molar-refractivity contribution in [3.8, 4) is 0 Å². The fourth-order valence-electron chi connectivity index (χ4n) is 0.337. The summed E-state index contributed by atoms with van der Waals surface area (Å²) in [6.45, 7) is 3.55. The van der Waals surface area contributed by atoms with E-state index in [2.05, 4.69) is 19.1 Å². The molecule has 0 saturated carbocycles. The highest BCUT2D eigenvalue weighted by Crippen LogP contribution is 2.47. The Hall–Kier alpha value is -0.460. The lowest BCUT2D eigenvalue weighted by molar-refractivity contribution is -0.259. The second kappa shape index (κ2) is 6.06. The van der Waals surface area contributed by atoms with Gasteiger partial charge in [0.15, 0.2) is 0 Å². The fourth-order valence-corrected chi connectivity index (χ4v) is 1.01. The maximum absolute atomic E-state index is 11.4. The zero-order chi connectivity index (χ0) is 10.3. The van der Waals surface area contributed by atoms with Gasteiger partial charge in [0.25, 0.3) is 0 Å². The SMILES string of the molecule is CCOOP(=O)(OOCC)C(=N)N. The van der Waals surface area contributed by atoms with Crippen LogP contribution in [0.15, 0.2) is 0 Å². The molecule has 0 aromatic heterocycles. The van der Waals surface area contributed by atoms with E-state index in [1.165, 1.54) is 0 Å². The first-order valence-electron chi connectivity index (χ1n) is 3.63. The van der Waals surface area contributed by atoms with E-state index < -0.39 is 13.2 Å². The zero-order valence-corrected chi connectivity index (χ0v) is 8.37. The van der Waals surface area contributed by atoms with Crippen LogP contribution in [-0.4, -0.2) is 18.8 Å². The second-order valence-corrected chi connectivity index (χ2v) is 3.62. The highest BCUT2D eigenvalue weighted by molar-refractivity contribution is 7.71. The molecule has 0 spiro atoms. The summed E-state index contributed by atoms with van der Waals surface area (Å²) in [5.74, 6) is 0. The van der Waals surface area contributed by atoms with Crippen molar-refractivity contribution in [1.29, 1.82) is 5.41 Å². The van der Waals surface area contributed by atoms with Gasteiger partial charge in [-0.3, -0.25) is 5.41 Å². The van der Waals surface area contributed by atoms with Gasteiger partial charge in [0.2, 0.25) is 5.58 Å². The summed E-state index contributed by atoms with van der Waals surface area (Å²) in [6.07, 6.45) is 0. The first-order chi connectivity index (χ1) is 6.06. The van der Waals surface area contributed by atoms with Crippen molar-refractivity contribution in [1.82, 2.24) is 0 Å². The number of hydrogen-bond acceptors (Lipinski definition) is 6. The molecular formula is C5H13N2O5P. The molecule has 0 heterocycles. The Bertz CT molecular complexity index is 197. The first-order valence-corrected chi connectivity index (χ1v) is 5.18. The number of hydrogen-bond donors (Lipinski definition) is 2. The van der Waals surface area contributed by atoms with E-state index >= 15 is 0 Å². The predicted octanol–water partition coefficient (Wildman–Crippen LogP) is 1.01. The molecule has 0 aliphatic rings. The predicted molar refractivity (Wildman–Crippen MR) is 44.9 cm³/mol. The fraction of sp³-hybridized carbons (Fsp3) is 0.800. The highest BCUT2D eigenvalue weighted by atomic mass is 31.2. The summed E-state index contributed by atoms with van der Waals surface area (Å²) >= 11 is 0. The lowest BCUT2D eigenvalue weighted by Gasteiger charge is -2.12. The molecule has 0 fully saturated rings. The van der Waals surface area contributed by atoms with Crippen molar-refractivity contribution in [2.45, 2.75) is 13.8 Å². The van der Waals surface area contributed by atoms with Crippen LogP contribution in [0.2, 0.25) is 0 Å². The Morgan fingerprint density at radius 2 is 1.69 bits per heavy atom. The number of nitrogens with two attached hydrogens (primary N) is 1. The lowest BCUT2D eigenvalue weighted by atomic mass is 10.9. The number of amidine groups is 1. The topological polar surface area (TPSA) is 104 Å². The minimum absolute atomic E-state index is 0.159. The van der Waals surface area contributed by atoms with Crippen LogP contribution in [0, 0.1) is 5.41 Å². The molecule has 8 heteroatoms. The molecule has 3 N–H and O–H groups in total. The van der Waals surface area contributed by atoms with Gasteiger partial charge in [-0.05, 0) is 13.8 Å². The van der Waals surface area contributed by atoms with Gasteiger partial charge in [-0.2, -0.15) is 0 Å².